The van der Waals surface area contributed by atoms with E-state index in [0.717, 1.165) is 154 Å². The van der Waals surface area contributed by atoms with Crippen LogP contribution in [-0.2, 0) is 28.6 Å². The van der Waals surface area contributed by atoms with E-state index in [4.69, 9.17) is 14.2 Å². The molecule has 0 N–H and O–H groups in total. The van der Waals surface area contributed by atoms with Crippen LogP contribution in [0.2, 0.25) is 0 Å². The molecule has 6 heteroatoms. The van der Waals surface area contributed by atoms with E-state index in [1.165, 1.54) is 57.8 Å². The van der Waals surface area contributed by atoms with Crippen molar-refractivity contribution in [3.8, 4) is 0 Å². The van der Waals surface area contributed by atoms with Crippen molar-refractivity contribution in [2.45, 2.75) is 264 Å². The monoisotopic (exact) mass is 1070 g/mol. The number of carbonyl (C=O) groups is 3. The summed E-state index contributed by atoms with van der Waals surface area (Å²) in [5, 5.41) is 0. The van der Waals surface area contributed by atoms with Gasteiger partial charge >= 0.3 is 17.9 Å². The van der Waals surface area contributed by atoms with E-state index in [0.29, 0.717) is 19.3 Å². The van der Waals surface area contributed by atoms with Gasteiger partial charge < -0.3 is 14.2 Å². The highest BCUT2D eigenvalue weighted by molar-refractivity contribution is 5.71. The molecule has 0 rings (SSSR count). The van der Waals surface area contributed by atoms with Crippen LogP contribution in [0.15, 0.2) is 158 Å². The van der Waals surface area contributed by atoms with Gasteiger partial charge in [-0.1, -0.05) is 249 Å². The molecular formula is C72H114O6. The van der Waals surface area contributed by atoms with Crippen LogP contribution in [0, 0.1) is 0 Å². The lowest BCUT2D eigenvalue weighted by atomic mass is 10.1. The summed E-state index contributed by atoms with van der Waals surface area (Å²) in [5.74, 6) is -0.979. The minimum atomic E-state index is -0.820. The third-order valence-electron chi connectivity index (χ3n) is 12.7. The zero-order valence-electron chi connectivity index (χ0n) is 50.1. The van der Waals surface area contributed by atoms with Crippen molar-refractivity contribution in [2.75, 3.05) is 13.2 Å². The van der Waals surface area contributed by atoms with Gasteiger partial charge in [-0.15, -0.1) is 0 Å². The van der Waals surface area contributed by atoms with Crippen molar-refractivity contribution >= 4 is 17.9 Å². The van der Waals surface area contributed by atoms with Crippen molar-refractivity contribution in [2.24, 2.45) is 0 Å². The van der Waals surface area contributed by atoms with Crippen molar-refractivity contribution in [3.05, 3.63) is 158 Å². The number of carbonyl (C=O) groups excluding carboxylic acids is 3. The summed E-state index contributed by atoms with van der Waals surface area (Å²) in [6, 6.07) is 0. The van der Waals surface area contributed by atoms with Crippen LogP contribution in [0.3, 0.4) is 0 Å². The standard InChI is InChI=1S/C72H114O6/c1-4-7-10-13-16-19-22-25-28-31-34-35-36-37-39-41-44-47-50-53-56-59-62-65-71(74)77-68-69(67-76-70(73)64-61-58-55-52-49-46-43-40-33-30-27-24-21-18-15-12-9-6-3)78-72(75)66-63-60-57-54-51-48-45-42-38-32-29-26-23-20-17-14-11-8-5-2/h7-8,10-11,16-17,19-21,24-26,28-30,33-35,37-39,42,44,47-48,51,69H,4-6,9,12-15,18,22-23,27,31-32,36,40-41,43,45-46,49-50,52-68H2,1-3H3/b10-7-,11-8-,19-16-,20-17-,24-21-,28-25-,29-26-,33-30-,35-34-,39-37-,42-38-,47-44-,51-48-. The highest BCUT2D eigenvalue weighted by atomic mass is 16.6. The first kappa shape index (κ1) is 73.0. The Kier molecular flexibility index (Phi) is 60.4. The second kappa shape index (κ2) is 64.6. The lowest BCUT2D eigenvalue weighted by Gasteiger charge is -2.18. The van der Waals surface area contributed by atoms with Gasteiger partial charge in [0.05, 0.1) is 0 Å². The minimum Gasteiger partial charge on any atom is -0.462 e. The van der Waals surface area contributed by atoms with E-state index in [1.807, 2.05) is 0 Å². The van der Waals surface area contributed by atoms with Crippen LogP contribution >= 0.6 is 0 Å². The lowest BCUT2D eigenvalue weighted by molar-refractivity contribution is -0.167. The van der Waals surface area contributed by atoms with E-state index in [9.17, 15) is 14.4 Å². The largest absolute Gasteiger partial charge is 0.462 e. The molecule has 438 valence electrons. The van der Waals surface area contributed by atoms with Gasteiger partial charge in [0.2, 0.25) is 0 Å². The van der Waals surface area contributed by atoms with E-state index in [-0.39, 0.29) is 37.5 Å². The molecular weight excluding hydrogens is 961 g/mol. The smallest absolute Gasteiger partial charge is 0.306 e. The van der Waals surface area contributed by atoms with Crippen molar-refractivity contribution in [3.63, 3.8) is 0 Å². The highest BCUT2D eigenvalue weighted by Gasteiger charge is 2.19. The molecule has 0 aromatic carbocycles. The number of esters is 3. The lowest BCUT2D eigenvalue weighted by Crippen LogP contribution is -2.30. The van der Waals surface area contributed by atoms with E-state index < -0.39 is 6.10 Å². The molecule has 0 aliphatic heterocycles. The van der Waals surface area contributed by atoms with Gasteiger partial charge in [-0.3, -0.25) is 14.4 Å². The van der Waals surface area contributed by atoms with Crippen LogP contribution in [0.4, 0.5) is 0 Å². The second-order valence-corrected chi connectivity index (χ2v) is 20.2. The summed E-state index contributed by atoms with van der Waals surface area (Å²) in [6.07, 6.45) is 93.8. The summed E-state index contributed by atoms with van der Waals surface area (Å²) in [7, 11) is 0. The molecule has 0 aliphatic carbocycles. The third-order valence-corrected chi connectivity index (χ3v) is 12.7. The maximum atomic E-state index is 12.9. The predicted molar refractivity (Wildman–Crippen MR) is 338 cm³/mol. The van der Waals surface area contributed by atoms with Crippen LogP contribution in [0.1, 0.15) is 258 Å². The molecule has 78 heavy (non-hydrogen) atoms. The average molecular weight is 1080 g/mol. The van der Waals surface area contributed by atoms with Gasteiger partial charge in [0, 0.05) is 19.3 Å². The number of hydrogen-bond acceptors (Lipinski definition) is 6. The van der Waals surface area contributed by atoms with Crippen molar-refractivity contribution in [1.82, 2.24) is 0 Å². The molecule has 0 heterocycles. The predicted octanol–water partition coefficient (Wildman–Crippen LogP) is 21.7. The van der Waals surface area contributed by atoms with E-state index >= 15 is 0 Å². The molecule has 0 aromatic heterocycles. The SMILES string of the molecule is CC/C=C\C/C=C\C/C=C\C/C=C\C/C=C\C/C=C\CCCCCCC(=O)OCC(COC(=O)CCCCCCCCC/C=C\C/C=C\CCCCCC)OC(=O)CCCCC/C=C\C/C=C\C/C=C\C/C=C\C/C=C\CC. The fraction of sp³-hybridized carbons (Fsp3) is 0.597. The van der Waals surface area contributed by atoms with Gasteiger partial charge in [-0.25, -0.2) is 0 Å². The summed E-state index contributed by atoms with van der Waals surface area (Å²) >= 11 is 0. The molecule has 6 nitrogen and oxygen atoms in total. The Hall–Kier alpha value is -4.97. The number of unbranched alkanes of at least 4 members (excludes halogenated alkanes) is 18. The number of rotatable bonds is 55. The summed E-state index contributed by atoms with van der Waals surface area (Å²) in [5.41, 5.74) is 0. The first-order valence-corrected chi connectivity index (χ1v) is 31.5. The Morgan fingerprint density at radius 1 is 0.269 bits per heavy atom. The van der Waals surface area contributed by atoms with Gasteiger partial charge in [0.25, 0.3) is 0 Å². The van der Waals surface area contributed by atoms with Crippen LogP contribution in [0.5, 0.6) is 0 Å². The first-order valence-electron chi connectivity index (χ1n) is 31.5. The number of ether oxygens (including phenoxy) is 3. The minimum absolute atomic E-state index is 0.111. The van der Waals surface area contributed by atoms with Gasteiger partial charge in [0.15, 0.2) is 6.10 Å². The molecule has 0 aromatic rings. The Labute approximate surface area is 480 Å². The summed E-state index contributed by atoms with van der Waals surface area (Å²) in [6.45, 7) is 6.34. The maximum Gasteiger partial charge on any atom is 0.306 e. The Bertz CT molecular complexity index is 1760. The van der Waals surface area contributed by atoms with Gasteiger partial charge in [-0.2, -0.15) is 0 Å². The molecule has 0 aliphatic rings. The molecule has 0 bridgehead atoms. The maximum absolute atomic E-state index is 12.9. The zero-order chi connectivity index (χ0) is 56.4. The molecule has 0 amide bonds. The Morgan fingerprint density at radius 3 is 0.795 bits per heavy atom. The first-order chi connectivity index (χ1) is 38.5. The quantitative estimate of drug-likeness (QED) is 0.0261. The molecule has 0 fully saturated rings. The average Bonchev–Trinajstić information content (AvgIpc) is 3.44. The van der Waals surface area contributed by atoms with E-state index in [1.54, 1.807) is 0 Å². The fourth-order valence-electron chi connectivity index (χ4n) is 8.09. The highest BCUT2D eigenvalue weighted by Crippen LogP contribution is 2.13. The van der Waals surface area contributed by atoms with Crippen molar-refractivity contribution in [1.29, 1.82) is 0 Å². The van der Waals surface area contributed by atoms with E-state index in [2.05, 4.69) is 179 Å². The molecule has 1 unspecified atom stereocenters. The summed E-state index contributed by atoms with van der Waals surface area (Å²) < 4.78 is 16.9. The summed E-state index contributed by atoms with van der Waals surface area (Å²) in [4.78, 5) is 38.3. The molecule has 0 saturated heterocycles. The Morgan fingerprint density at radius 2 is 0.500 bits per heavy atom. The fourth-order valence-corrected chi connectivity index (χ4v) is 8.09. The normalized spacial score (nSPS) is 13.2. The van der Waals surface area contributed by atoms with Gasteiger partial charge in [0.1, 0.15) is 13.2 Å². The Balaban J connectivity index is 4.54. The van der Waals surface area contributed by atoms with Crippen molar-refractivity contribution < 1.29 is 28.6 Å². The second-order valence-electron chi connectivity index (χ2n) is 20.2. The molecule has 0 saturated carbocycles. The molecule has 1 atom stereocenters. The zero-order valence-corrected chi connectivity index (χ0v) is 50.1. The van der Waals surface area contributed by atoms with Crippen LogP contribution in [-0.4, -0.2) is 37.2 Å². The number of hydrogen-bond donors (Lipinski definition) is 0. The van der Waals surface area contributed by atoms with Crippen LogP contribution in [0.25, 0.3) is 0 Å². The van der Waals surface area contributed by atoms with Crippen LogP contribution < -0.4 is 0 Å². The molecule has 0 spiro atoms. The number of allylic oxidation sites excluding steroid dienone is 26. The molecule has 0 radical (unpaired) electrons. The third kappa shape index (κ3) is 61.9. The van der Waals surface area contributed by atoms with Gasteiger partial charge in [-0.05, 0) is 148 Å². The topological polar surface area (TPSA) is 78.9 Å².